The Morgan fingerprint density at radius 1 is 1.23 bits per heavy atom. The van der Waals surface area contributed by atoms with E-state index in [9.17, 15) is 4.79 Å². The molecule has 26 heavy (non-hydrogen) atoms. The van der Waals surface area contributed by atoms with Gasteiger partial charge in [-0.1, -0.05) is 17.7 Å². The molecule has 3 N–H and O–H groups in total. The molecule has 2 rings (SSSR count). The van der Waals surface area contributed by atoms with Crippen molar-refractivity contribution in [2.45, 2.75) is 13.5 Å². The number of aromatic nitrogens is 1. The van der Waals surface area contributed by atoms with Crippen molar-refractivity contribution < 1.29 is 13.9 Å². The van der Waals surface area contributed by atoms with Gasteiger partial charge in [-0.15, -0.1) is 0 Å². The molecule has 0 radical (unpaired) electrons. The van der Waals surface area contributed by atoms with Crippen molar-refractivity contribution >= 4 is 11.9 Å². The number of oxazole rings is 1. The molecule has 0 atom stereocenters. The summed E-state index contributed by atoms with van der Waals surface area (Å²) in [6.07, 6.45) is 1.60. The molecule has 0 bridgehead atoms. The van der Waals surface area contributed by atoms with Gasteiger partial charge in [-0.3, -0.25) is 9.79 Å². The van der Waals surface area contributed by atoms with Gasteiger partial charge < -0.3 is 25.1 Å². The molecule has 140 valence electrons. The smallest absolute Gasteiger partial charge is 0.239 e. The fourth-order valence-corrected chi connectivity index (χ4v) is 2.13. The van der Waals surface area contributed by atoms with Crippen LogP contribution in [0.3, 0.4) is 0 Å². The van der Waals surface area contributed by atoms with Gasteiger partial charge in [0.15, 0.2) is 5.96 Å². The third-order valence-corrected chi connectivity index (χ3v) is 3.56. The maximum absolute atomic E-state index is 11.7. The summed E-state index contributed by atoms with van der Waals surface area (Å²) in [5.74, 6) is 0.946. The van der Waals surface area contributed by atoms with Crippen molar-refractivity contribution in [2.24, 2.45) is 4.99 Å². The molecule has 0 aliphatic rings. The van der Waals surface area contributed by atoms with E-state index in [1.165, 1.54) is 5.56 Å². The van der Waals surface area contributed by atoms with Gasteiger partial charge in [-0.25, -0.2) is 4.98 Å². The van der Waals surface area contributed by atoms with E-state index in [-0.39, 0.29) is 12.5 Å². The van der Waals surface area contributed by atoms with Crippen LogP contribution in [0.25, 0.3) is 11.5 Å². The minimum absolute atomic E-state index is 0.122. The summed E-state index contributed by atoms with van der Waals surface area (Å²) in [6, 6.07) is 7.98. The number of guanidine groups is 1. The second-order valence-electron chi connectivity index (χ2n) is 5.63. The zero-order valence-electron chi connectivity index (χ0n) is 15.3. The largest absolute Gasteiger partial charge is 0.444 e. The van der Waals surface area contributed by atoms with Gasteiger partial charge in [0, 0.05) is 26.3 Å². The Balaban J connectivity index is 1.80. The summed E-state index contributed by atoms with van der Waals surface area (Å²) in [7, 11) is 3.23. The fourth-order valence-electron chi connectivity index (χ4n) is 2.13. The van der Waals surface area contributed by atoms with E-state index in [2.05, 4.69) is 25.9 Å². The molecule has 0 unspecified atom stereocenters. The van der Waals surface area contributed by atoms with Crippen molar-refractivity contribution in [2.75, 3.05) is 33.9 Å². The van der Waals surface area contributed by atoms with Crippen molar-refractivity contribution in [3.05, 3.63) is 41.8 Å². The van der Waals surface area contributed by atoms with E-state index >= 15 is 0 Å². The minimum atomic E-state index is -0.131. The van der Waals surface area contributed by atoms with E-state index < -0.39 is 0 Å². The molecule has 0 saturated carbocycles. The summed E-state index contributed by atoms with van der Waals surface area (Å²) in [5.41, 5.74) is 2.86. The lowest BCUT2D eigenvalue weighted by Gasteiger charge is -2.10. The topological polar surface area (TPSA) is 101 Å². The molecule has 8 nitrogen and oxygen atoms in total. The molecule has 0 aliphatic carbocycles. The molecular weight excluding hydrogens is 334 g/mol. The van der Waals surface area contributed by atoms with E-state index in [1.807, 2.05) is 31.2 Å². The number of aryl methyl sites for hydroxylation is 1. The fraction of sp³-hybridized carbons (Fsp3) is 0.389. The minimum Gasteiger partial charge on any atom is -0.444 e. The Bertz CT molecular complexity index is 725. The molecule has 0 spiro atoms. The summed E-state index contributed by atoms with van der Waals surface area (Å²) in [6.45, 7) is 3.54. The summed E-state index contributed by atoms with van der Waals surface area (Å²) < 4.78 is 10.4. The third-order valence-electron chi connectivity index (χ3n) is 3.56. The second-order valence-corrected chi connectivity index (χ2v) is 5.63. The Kier molecular flexibility index (Phi) is 7.63. The second kappa shape index (κ2) is 10.2. The lowest BCUT2D eigenvalue weighted by atomic mass is 10.1. The monoisotopic (exact) mass is 359 g/mol. The molecular formula is C18H25N5O3. The Morgan fingerprint density at radius 2 is 2.00 bits per heavy atom. The lowest BCUT2D eigenvalue weighted by molar-refractivity contribution is -0.120. The number of hydrogen-bond donors (Lipinski definition) is 3. The number of rotatable bonds is 8. The molecule has 0 fully saturated rings. The van der Waals surface area contributed by atoms with Crippen molar-refractivity contribution in [1.82, 2.24) is 20.9 Å². The first-order valence-electron chi connectivity index (χ1n) is 8.34. The predicted octanol–water partition coefficient (Wildman–Crippen LogP) is 1.08. The first-order chi connectivity index (χ1) is 12.6. The zero-order chi connectivity index (χ0) is 18.8. The molecule has 0 saturated heterocycles. The number of aliphatic imine (C=N–C) groups is 1. The van der Waals surface area contributed by atoms with Gasteiger partial charge in [-0.2, -0.15) is 0 Å². The van der Waals surface area contributed by atoms with Gasteiger partial charge in [0.2, 0.25) is 11.8 Å². The number of methoxy groups -OCH3 is 1. The molecule has 2 aromatic rings. The van der Waals surface area contributed by atoms with Crippen molar-refractivity contribution in [3.8, 4) is 11.5 Å². The van der Waals surface area contributed by atoms with Crippen molar-refractivity contribution in [3.63, 3.8) is 0 Å². The van der Waals surface area contributed by atoms with Crippen LogP contribution in [-0.4, -0.2) is 50.7 Å². The van der Waals surface area contributed by atoms with Crippen LogP contribution in [0.2, 0.25) is 0 Å². The number of carbonyl (C=O) groups is 1. The van der Waals surface area contributed by atoms with Gasteiger partial charge in [0.25, 0.3) is 0 Å². The van der Waals surface area contributed by atoms with Gasteiger partial charge in [0.1, 0.15) is 6.26 Å². The van der Waals surface area contributed by atoms with Crippen LogP contribution < -0.4 is 16.0 Å². The highest BCUT2D eigenvalue weighted by Crippen LogP contribution is 2.18. The number of benzene rings is 1. The molecule has 8 heteroatoms. The first-order valence-corrected chi connectivity index (χ1v) is 8.34. The Labute approximate surface area is 153 Å². The van der Waals surface area contributed by atoms with Crippen LogP contribution in [0.15, 0.2) is 39.9 Å². The maximum atomic E-state index is 11.7. The van der Waals surface area contributed by atoms with Gasteiger partial charge in [0.05, 0.1) is 25.4 Å². The summed E-state index contributed by atoms with van der Waals surface area (Å²) in [4.78, 5) is 20.2. The molecule has 1 amide bonds. The van der Waals surface area contributed by atoms with Crippen LogP contribution in [0, 0.1) is 6.92 Å². The van der Waals surface area contributed by atoms with Crippen LogP contribution >= 0.6 is 0 Å². The van der Waals surface area contributed by atoms with Crippen LogP contribution in [-0.2, 0) is 16.1 Å². The number of hydrogen-bond acceptors (Lipinski definition) is 5. The van der Waals surface area contributed by atoms with E-state index in [0.29, 0.717) is 31.5 Å². The van der Waals surface area contributed by atoms with Crippen LogP contribution in [0.4, 0.5) is 0 Å². The number of nitrogens with one attached hydrogen (secondary N) is 3. The number of ether oxygens (including phenoxy) is 1. The normalized spacial score (nSPS) is 11.3. The summed E-state index contributed by atoms with van der Waals surface area (Å²) >= 11 is 0. The number of nitrogens with zero attached hydrogens (tertiary/aromatic N) is 2. The zero-order valence-corrected chi connectivity index (χ0v) is 15.3. The average Bonchev–Trinajstić information content (AvgIpc) is 3.11. The third kappa shape index (κ3) is 6.21. The van der Waals surface area contributed by atoms with E-state index in [4.69, 9.17) is 9.15 Å². The van der Waals surface area contributed by atoms with E-state index in [1.54, 1.807) is 20.4 Å². The summed E-state index contributed by atoms with van der Waals surface area (Å²) in [5, 5.41) is 8.76. The quantitative estimate of drug-likeness (QED) is 0.370. The SMILES string of the molecule is CN=C(NCC(=O)NCCOC)NCc1coc(-c2ccc(C)cc2)n1. The number of carbonyl (C=O) groups excluding carboxylic acids is 1. The van der Waals surface area contributed by atoms with Gasteiger partial charge >= 0.3 is 0 Å². The molecule has 0 aliphatic heterocycles. The highest BCUT2D eigenvalue weighted by atomic mass is 16.5. The molecule has 1 aromatic heterocycles. The molecule has 1 aromatic carbocycles. The molecule has 1 heterocycles. The predicted molar refractivity (Wildman–Crippen MR) is 99.8 cm³/mol. The van der Waals surface area contributed by atoms with Crippen LogP contribution in [0.1, 0.15) is 11.3 Å². The van der Waals surface area contributed by atoms with Crippen LogP contribution in [0.5, 0.6) is 0 Å². The number of amides is 1. The first kappa shape index (κ1) is 19.5. The highest BCUT2D eigenvalue weighted by molar-refractivity contribution is 5.86. The van der Waals surface area contributed by atoms with Crippen molar-refractivity contribution in [1.29, 1.82) is 0 Å². The Hall–Kier alpha value is -2.87. The maximum Gasteiger partial charge on any atom is 0.239 e. The van der Waals surface area contributed by atoms with E-state index in [0.717, 1.165) is 11.3 Å². The lowest BCUT2D eigenvalue weighted by Crippen LogP contribution is -2.43. The van der Waals surface area contributed by atoms with Gasteiger partial charge in [-0.05, 0) is 19.1 Å². The highest BCUT2D eigenvalue weighted by Gasteiger charge is 2.08. The Morgan fingerprint density at radius 3 is 2.69 bits per heavy atom. The standard InChI is InChI=1S/C18H25N5O3/c1-13-4-6-14(7-5-13)17-23-15(12-26-17)10-21-18(19-2)22-11-16(24)20-8-9-25-3/h4-7,12H,8-11H2,1-3H3,(H,20,24)(H2,19,21,22). The average molecular weight is 359 g/mol.